The number of hydrogen-bond donors (Lipinski definition) is 2. The largest absolute Gasteiger partial charge is 0.489 e. The van der Waals surface area contributed by atoms with E-state index < -0.39 is 17.6 Å². The van der Waals surface area contributed by atoms with E-state index in [0.29, 0.717) is 23.9 Å². The average Bonchev–Trinajstić information content (AvgIpc) is 2.60. The highest BCUT2D eigenvalue weighted by molar-refractivity contribution is 5.47. The number of benzene rings is 2. The van der Waals surface area contributed by atoms with Crippen LogP contribution in [0.2, 0.25) is 0 Å². The van der Waals surface area contributed by atoms with Gasteiger partial charge >= 0.3 is 6.18 Å². The molecule has 26 heavy (non-hydrogen) atoms. The first-order chi connectivity index (χ1) is 12.3. The number of hydrogen-bond acceptors (Lipinski definition) is 5. The van der Waals surface area contributed by atoms with Crippen LogP contribution in [0, 0.1) is 10.7 Å². The molecule has 0 aliphatic heterocycles. The van der Waals surface area contributed by atoms with Gasteiger partial charge in [-0.3, -0.25) is 0 Å². The summed E-state index contributed by atoms with van der Waals surface area (Å²) in [5.41, 5.74) is -0.498. The Kier molecular flexibility index (Phi) is 6.64. The predicted molar refractivity (Wildman–Crippen MR) is 86.4 cm³/mol. The van der Waals surface area contributed by atoms with E-state index in [2.05, 4.69) is 10.5 Å². The van der Waals surface area contributed by atoms with Crippen molar-refractivity contribution in [2.24, 2.45) is 5.18 Å². The average molecular weight is 372 g/mol. The lowest BCUT2D eigenvalue weighted by Crippen LogP contribution is -2.18. The maximum absolute atomic E-state index is 13.3. The summed E-state index contributed by atoms with van der Waals surface area (Å²) < 4.78 is 57.1. The van der Waals surface area contributed by atoms with Gasteiger partial charge in [0.25, 0.3) is 0 Å². The monoisotopic (exact) mass is 372 g/mol. The molecule has 2 aromatic rings. The zero-order valence-electron chi connectivity index (χ0n) is 13.5. The zero-order chi connectivity index (χ0) is 19.2. The van der Waals surface area contributed by atoms with Crippen molar-refractivity contribution in [1.29, 1.82) is 0 Å². The van der Waals surface area contributed by atoms with Crippen LogP contribution in [0.25, 0.3) is 0 Å². The minimum Gasteiger partial charge on any atom is -0.489 e. The van der Waals surface area contributed by atoms with Crippen LogP contribution in [-0.2, 0) is 19.3 Å². The van der Waals surface area contributed by atoms with Crippen LogP contribution in [-0.4, -0.2) is 18.3 Å². The molecule has 0 spiro atoms. The third-order valence-electron chi connectivity index (χ3n) is 3.48. The van der Waals surface area contributed by atoms with Gasteiger partial charge in [-0.1, -0.05) is 6.07 Å². The summed E-state index contributed by atoms with van der Waals surface area (Å²) in [7, 11) is 0. The fraction of sp³-hybridized carbons (Fsp3) is 0.294. The first-order valence-corrected chi connectivity index (χ1v) is 7.61. The van der Waals surface area contributed by atoms with Crippen molar-refractivity contribution in [1.82, 2.24) is 5.32 Å². The van der Waals surface area contributed by atoms with Gasteiger partial charge < -0.3 is 15.2 Å². The molecule has 140 valence electrons. The van der Waals surface area contributed by atoms with Crippen molar-refractivity contribution in [2.75, 3.05) is 13.2 Å². The zero-order valence-corrected chi connectivity index (χ0v) is 13.5. The SMILES string of the molecule is O=Nc1ccc(OCc2ccc(F)c(C(F)(F)F)c2)c(CNCCO)c1. The Morgan fingerprint density at radius 2 is 1.92 bits per heavy atom. The van der Waals surface area contributed by atoms with E-state index in [1.165, 1.54) is 24.3 Å². The van der Waals surface area contributed by atoms with Crippen LogP contribution in [0.1, 0.15) is 16.7 Å². The molecule has 9 heteroatoms. The molecule has 0 aromatic heterocycles. The standard InChI is InChI=1S/C17H16F4N2O3/c18-15-3-1-11(7-14(15)17(19,20)21)10-26-16-4-2-13(23-25)8-12(16)9-22-5-6-24/h1-4,7-8,22,24H,5-6,9-10H2. The summed E-state index contributed by atoms with van der Waals surface area (Å²) in [5.74, 6) is -1.02. The fourth-order valence-electron chi connectivity index (χ4n) is 2.24. The second-order valence-electron chi connectivity index (χ2n) is 5.38. The second kappa shape index (κ2) is 8.72. The third-order valence-corrected chi connectivity index (χ3v) is 3.48. The molecule has 2 N–H and O–H groups in total. The summed E-state index contributed by atoms with van der Waals surface area (Å²) in [5, 5.41) is 14.5. The molecule has 0 saturated heterocycles. The van der Waals surface area contributed by atoms with Crippen molar-refractivity contribution >= 4 is 5.69 Å². The van der Waals surface area contributed by atoms with Gasteiger partial charge in [-0.2, -0.15) is 13.2 Å². The van der Waals surface area contributed by atoms with Crippen LogP contribution < -0.4 is 10.1 Å². The van der Waals surface area contributed by atoms with Crippen LogP contribution >= 0.6 is 0 Å². The van der Waals surface area contributed by atoms with Gasteiger partial charge in [0.2, 0.25) is 0 Å². The lowest BCUT2D eigenvalue weighted by molar-refractivity contribution is -0.140. The van der Waals surface area contributed by atoms with Crippen LogP contribution in [0.5, 0.6) is 5.75 Å². The van der Waals surface area contributed by atoms with Gasteiger partial charge in [-0.15, -0.1) is 4.91 Å². The number of nitroso groups, excluding NO2 is 1. The molecule has 0 amide bonds. The molecule has 0 atom stereocenters. The molecular weight excluding hydrogens is 356 g/mol. The highest BCUT2D eigenvalue weighted by Crippen LogP contribution is 2.32. The van der Waals surface area contributed by atoms with E-state index in [1.54, 1.807) is 0 Å². The van der Waals surface area contributed by atoms with E-state index >= 15 is 0 Å². The second-order valence-corrected chi connectivity index (χ2v) is 5.38. The topological polar surface area (TPSA) is 70.9 Å². The van der Waals surface area contributed by atoms with Crippen molar-refractivity contribution in [3.63, 3.8) is 0 Å². The van der Waals surface area contributed by atoms with Gasteiger partial charge in [0.1, 0.15) is 23.9 Å². The van der Waals surface area contributed by atoms with Crippen LogP contribution in [0.3, 0.4) is 0 Å². The van der Waals surface area contributed by atoms with E-state index in [1.807, 2.05) is 0 Å². The molecule has 0 bridgehead atoms. The van der Waals surface area contributed by atoms with Gasteiger partial charge in [0.05, 0.1) is 12.2 Å². The van der Waals surface area contributed by atoms with E-state index in [0.717, 1.165) is 6.07 Å². The van der Waals surface area contributed by atoms with E-state index in [4.69, 9.17) is 9.84 Å². The van der Waals surface area contributed by atoms with Crippen molar-refractivity contribution in [3.8, 4) is 5.75 Å². The Bertz CT molecular complexity index is 766. The predicted octanol–water partition coefficient (Wildman–Crippen LogP) is 3.90. The van der Waals surface area contributed by atoms with Crippen molar-refractivity contribution < 1.29 is 27.4 Å². The van der Waals surface area contributed by atoms with Gasteiger partial charge in [-0.25, -0.2) is 4.39 Å². The fourth-order valence-corrected chi connectivity index (χ4v) is 2.24. The molecule has 5 nitrogen and oxygen atoms in total. The Morgan fingerprint density at radius 3 is 2.58 bits per heavy atom. The van der Waals surface area contributed by atoms with Crippen molar-refractivity contribution in [2.45, 2.75) is 19.3 Å². The number of nitrogens with zero attached hydrogens (tertiary/aromatic N) is 1. The Hall–Kier alpha value is -2.52. The molecule has 0 saturated carbocycles. The summed E-state index contributed by atoms with van der Waals surface area (Å²) in [6, 6.07) is 6.99. The lowest BCUT2D eigenvalue weighted by atomic mass is 10.1. The van der Waals surface area contributed by atoms with Crippen LogP contribution in [0.4, 0.5) is 23.2 Å². The molecule has 2 aromatic carbocycles. The Labute approximate surface area is 146 Å². The highest BCUT2D eigenvalue weighted by atomic mass is 19.4. The first kappa shape index (κ1) is 19.8. The number of halogens is 4. The Morgan fingerprint density at radius 1 is 1.15 bits per heavy atom. The molecule has 0 aliphatic rings. The smallest absolute Gasteiger partial charge is 0.419 e. The molecule has 0 heterocycles. The summed E-state index contributed by atoms with van der Waals surface area (Å²) >= 11 is 0. The first-order valence-electron chi connectivity index (χ1n) is 7.61. The minimum atomic E-state index is -4.79. The molecule has 0 aliphatic carbocycles. The normalized spacial score (nSPS) is 11.4. The molecule has 0 unspecified atom stereocenters. The van der Waals surface area contributed by atoms with E-state index in [-0.39, 0.29) is 31.0 Å². The van der Waals surface area contributed by atoms with Gasteiger partial charge in [-0.05, 0) is 41.1 Å². The van der Waals surface area contributed by atoms with Crippen molar-refractivity contribution in [3.05, 3.63) is 63.8 Å². The number of aliphatic hydroxyl groups excluding tert-OH is 1. The number of aliphatic hydroxyl groups is 1. The number of rotatable bonds is 8. The highest BCUT2D eigenvalue weighted by Gasteiger charge is 2.34. The quantitative estimate of drug-likeness (QED) is 0.419. The minimum absolute atomic E-state index is 0.0857. The number of nitrogens with one attached hydrogen (secondary N) is 1. The third kappa shape index (κ3) is 5.24. The molecule has 0 fully saturated rings. The van der Waals surface area contributed by atoms with Crippen LogP contribution in [0.15, 0.2) is 41.6 Å². The lowest BCUT2D eigenvalue weighted by Gasteiger charge is -2.14. The molecular formula is C17H16F4N2O3. The summed E-state index contributed by atoms with van der Waals surface area (Å²) in [6.45, 7) is 0.267. The maximum atomic E-state index is 13.3. The number of alkyl halides is 3. The van der Waals surface area contributed by atoms with E-state index in [9.17, 15) is 22.5 Å². The summed E-state index contributed by atoms with van der Waals surface area (Å²) in [4.78, 5) is 10.6. The van der Waals surface area contributed by atoms with Gasteiger partial charge in [0, 0.05) is 18.7 Å². The number of ether oxygens (including phenoxy) is 1. The van der Waals surface area contributed by atoms with Gasteiger partial charge in [0.15, 0.2) is 0 Å². The molecule has 0 radical (unpaired) electrons. The summed E-state index contributed by atoms with van der Waals surface area (Å²) in [6.07, 6.45) is -4.79. The Balaban J connectivity index is 2.17. The molecule has 2 rings (SSSR count). The maximum Gasteiger partial charge on any atom is 0.419 e.